The largest absolute Gasteiger partial charge is 1.00 e. The number of hydrogen-bond donors (Lipinski definition) is 2. The minimum Gasteiger partial charge on any atom is -0.478 e. The number of imidazole rings is 2. The number of nitrogens with zero attached hydrogens (tertiary/aromatic N) is 12. The number of pyridine rings is 8. The molecule has 0 fully saturated rings. The number of ether oxygens (including phenoxy) is 2. The van der Waals surface area contributed by atoms with Crippen molar-refractivity contribution >= 4 is 46.9 Å². The van der Waals surface area contributed by atoms with Gasteiger partial charge in [-0.15, -0.1) is 0 Å². The number of para-hydroxylation sites is 4. The molecular weight excluding hydrogens is 1190 g/mol. The van der Waals surface area contributed by atoms with Gasteiger partial charge < -0.3 is 39.6 Å². The number of hydrogen-bond acceptors (Lipinski definition) is 16. The molecule has 0 bridgehead atoms. The van der Waals surface area contributed by atoms with Crippen LogP contribution in [0.1, 0.15) is 20.7 Å². The second kappa shape index (κ2) is 30.4. The van der Waals surface area contributed by atoms with Gasteiger partial charge in [0.1, 0.15) is 11.5 Å². The van der Waals surface area contributed by atoms with Gasteiger partial charge in [0.2, 0.25) is 0 Å². The number of carbonyl (C=O) groups is 4. The van der Waals surface area contributed by atoms with Crippen LogP contribution in [0.2, 0.25) is 0 Å². The van der Waals surface area contributed by atoms with Gasteiger partial charge in [0.15, 0.2) is 0 Å². The van der Waals surface area contributed by atoms with Crippen LogP contribution in [0.25, 0.3) is 79.3 Å². The van der Waals surface area contributed by atoms with Gasteiger partial charge in [-0.3, -0.25) is 49.5 Å². The normalized spacial score (nSPS) is 9.85. The van der Waals surface area contributed by atoms with E-state index in [0.717, 1.165) is 44.8 Å². The molecule has 396 valence electrons. The number of carboxylic acid groups (broad SMARTS) is 2. The van der Waals surface area contributed by atoms with Crippen molar-refractivity contribution in [3.63, 3.8) is 0 Å². The third-order valence-electron chi connectivity index (χ3n) is 10.4. The van der Waals surface area contributed by atoms with E-state index in [0.29, 0.717) is 58.9 Å². The molecule has 0 saturated heterocycles. The smallest absolute Gasteiger partial charge is 0.478 e. The van der Waals surface area contributed by atoms with E-state index < -0.39 is 11.9 Å². The summed E-state index contributed by atoms with van der Waals surface area (Å²) >= 11 is 0. The van der Waals surface area contributed by atoms with Crippen molar-refractivity contribution < 1.29 is 77.8 Å². The van der Waals surface area contributed by atoms with Gasteiger partial charge in [-0.2, -0.15) is 0 Å². The summed E-state index contributed by atoms with van der Waals surface area (Å²) in [5.74, 6) is -0.271. The molecule has 0 spiro atoms. The molecule has 2 N–H and O–H groups in total. The Morgan fingerprint density at radius 2 is 0.662 bits per heavy atom. The predicted octanol–water partition coefficient (Wildman–Crippen LogP) is 9.40. The molecule has 2 aromatic carbocycles. The van der Waals surface area contributed by atoms with Gasteiger partial charge in [0.25, 0.3) is 12.9 Å². The Labute approximate surface area is 481 Å². The van der Waals surface area contributed by atoms with Crippen LogP contribution in [0.4, 0.5) is 0 Å². The van der Waals surface area contributed by atoms with Crippen LogP contribution in [0.15, 0.2) is 219 Å². The number of aromatic nitrogens is 12. The third kappa shape index (κ3) is 16.9. The summed E-state index contributed by atoms with van der Waals surface area (Å²) in [6.45, 7) is 0.612. The molecule has 12 rings (SSSR count). The zero-order valence-electron chi connectivity index (χ0n) is 41.4. The van der Waals surface area contributed by atoms with Gasteiger partial charge in [0.05, 0.1) is 56.7 Å². The summed E-state index contributed by atoms with van der Waals surface area (Å²) in [5.41, 5.74) is 9.04. The van der Waals surface area contributed by atoms with Crippen molar-refractivity contribution in [1.29, 1.82) is 0 Å². The molecule has 80 heavy (non-hydrogen) atoms. The van der Waals surface area contributed by atoms with Crippen LogP contribution >= 0.6 is 0 Å². The Bertz CT molecular complexity index is 3510. The molecule has 0 amide bonds. The number of carboxylic acids is 2. The van der Waals surface area contributed by atoms with Crippen LogP contribution in [0, 0.1) is 0 Å². The van der Waals surface area contributed by atoms with E-state index in [2.05, 4.69) is 69.3 Å². The average Bonchev–Trinajstić information content (AvgIpc) is 4.17. The Morgan fingerprint density at radius 3 is 0.963 bits per heavy atom. The van der Waals surface area contributed by atoms with Crippen molar-refractivity contribution in [2.24, 2.45) is 0 Å². The van der Waals surface area contributed by atoms with E-state index in [1.54, 1.807) is 24.8 Å². The fourth-order valence-corrected chi connectivity index (χ4v) is 6.84. The van der Waals surface area contributed by atoms with Gasteiger partial charge >= 0.3 is 50.9 Å². The Hall–Kier alpha value is -10.3. The van der Waals surface area contributed by atoms with E-state index in [1.807, 2.05) is 121 Å². The summed E-state index contributed by atoms with van der Waals surface area (Å²) in [7, 11) is 0. The minimum absolute atomic E-state index is 0. The van der Waals surface area contributed by atoms with E-state index in [4.69, 9.17) is 10.2 Å². The molecule has 0 aliphatic carbocycles. The minimum atomic E-state index is -1.04. The summed E-state index contributed by atoms with van der Waals surface area (Å²) in [5, 5.41) is 17.8. The average molecular weight is 1240 g/mol. The number of aromatic carboxylic acids is 2. The van der Waals surface area contributed by atoms with Gasteiger partial charge in [-0.25, -0.2) is 9.59 Å². The Balaban J connectivity index is 0.000000162. The molecule has 0 atom stereocenters. The van der Waals surface area contributed by atoms with Crippen LogP contribution in [0.5, 0.6) is 11.5 Å². The van der Waals surface area contributed by atoms with E-state index in [9.17, 15) is 19.2 Å². The van der Waals surface area contributed by atoms with Crippen molar-refractivity contribution in [3.8, 4) is 68.7 Å². The fraction of sp³-hybridized carbons (Fsp3) is 0. The second-order valence-corrected chi connectivity index (χ2v) is 15.6. The quantitative estimate of drug-likeness (QED) is 0.0900. The summed E-state index contributed by atoms with van der Waals surface area (Å²) in [6, 6.07) is 50.3. The maximum Gasteiger partial charge on any atom is 1.00 e. The van der Waals surface area contributed by atoms with Crippen molar-refractivity contribution in [2.75, 3.05) is 0 Å². The van der Waals surface area contributed by atoms with Crippen molar-refractivity contribution in [3.05, 3.63) is 231 Å². The Morgan fingerprint density at radius 1 is 0.362 bits per heavy atom. The molecule has 20 nitrogen and oxygen atoms in total. The molecule has 0 unspecified atom stereocenters. The molecular formula is C58H40N12O8Ru2. The fourth-order valence-electron chi connectivity index (χ4n) is 6.84. The first kappa shape index (κ1) is 59.0. The number of fused-ring (bicyclic) bond motifs is 2. The first-order valence-electron chi connectivity index (χ1n) is 23.2. The zero-order chi connectivity index (χ0) is 54.3. The van der Waals surface area contributed by atoms with Gasteiger partial charge in [-0.05, 0) is 107 Å². The molecule has 22 heteroatoms. The van der Waals surface area contributed by atoms with Gasteiger partial charge in [0, 0.05) is 61.7 Å². The maximum atomic E-state index is 10.8. The topological polar surface area (TPSA) is 284 Å². The van der Waals surface area contributed by atoms with E-state index in [-0.39, 0.29) is 50.1 Å². The molecule has 0 aliphatic rings. The van der Waals surface area contributed by atoms with Crippen LogP contribution in [-0.4, -0.2) is 84.9 Å². The number of rotatable bonds is 11. The Kier molecular flexibility index (Phi) is 22.4. The van der Waals surface area contributed by atoms with Crippen LogP contribution in [-0.2, 0) is 48.5 Å². The monoisotopic (exact) mass is 1240 g/mol. The number of carbonyl (C=O) groups excluding carboxylic acids is 2. The predicted molar refractivity (Wildman–Crippen MR) is 286 cm³/mol. The molecule has 0 saturated carbocycles. The first-order chi connectivity index (χ1) is 38.2. The summed E-state index contributed by atoms with van der Waals surface area (Å²) < 4.78 is 9.36. The molecule has 12 aromatic rings. The van der Waals surface area contributed by atoms with Crippen LogP contribution < -0.4 is 19.4 Å². The molecule has 2 radical (unpaired) electrons. The molecule has 10 aromatic heterocycles. The molecule has 0 aliphatic heterocycles. The number of benzene rings is 2. The summed E-state index contributed by atoms with van der Waals surface area (Å²) in [4.78, 5) is 92.8. The van der Waals surface area contributed by atoms with Gasteiger partial charge in [-0.1, -0.05) is 84.4 Å². The summed E-state index contributed by atoms with van der Waals surface area (Å²) in [6.07, 6.45) is 12.7. The standard InChI is InChI=1S/C14H8N4.2C12H8N2O4.2C10H8N2.2Ru/c1-2-6-10-9(5-1)15-13(16-10)14-17-11-7-3-4-8-12(11)18-14;2*15-7-18-9-2-4-14-11(6-9)10-5-8(12(16)17)1-3-13-10;2*1-3-7-11-9(5-1)10-6-2-4-8-12-10;;/h1-8H;2*1-7H,(H,16,17);2*1-8H;;/q-2;;;;;2*+1. The second-order valence-electron chi connectivity index (χ2n) is 15.6. The maximum absolute atomic E-state index is 10.8. The first-order valence-corrected chi connectivity index (χ1v) is 23.2. The van der Waals surface area contributed by atoms with Crippen molar-refractivity contribution in [1.82, 2.24) is 59.8 Å². The third-order valence-corrected chi connectivity index (χ3v) is 10.4. The van der Waals surface area contributed by atoms with Crippen molar-refractivity contribution in [2.45, 2.75) is 0 Å². The zero-order valence-corrected chi connectivity index (χ0v) is 44.8. The van der Waals surface area contributed by atoms with E-state index >= 15 is 0 Å². The van der Waals surface area contributed by atoms with E-state index in [1.165, 1.54) is 73.3 Å². The SMILES string of the molecule is O=COc1ccnc(-c2cc(C(=O)O)ccn2)c1.O=COc1ccnc(-c2cc(C(=O)O)ccn2)c1.[Ru+].[Ru+].c1ccc(-c2ccccn2)nc1.c1ccc(-c2ccccn2)nc1.c1ccc2[n-]c(-c3nc4ccccc4[n-]3)nc2c1. The van der Waals surface area contributed by atoms with Crippen LogP contribution in [0.3, 0.4) is 0 Å². The molecule has 10 heterocycles.